The molecule has 0 unspecified atom stereocenters. The van der Waals surface area contributed by atoms with Crippen molar-refractivity contribution in [3.63, 3.8) is 0 Å². The Kier molecular flexibility index (Phi) is 6.15. The summed E-state index contributed by atoms with van der Waals surface area (Å²) in [6.07, 6.45) is 3.46. The van der Waals surface area contributed by atoms with E-state index in [2.05, 4.69) is 6.92 Å². The molecule has 1 aromatic heterocycles. The van der Waals surface area contributed by atoms with Crippen molar-refractivity contribution in [3.8, 4) is 22.7 Å². The maximum Gasteiger partial charge on any atom is 0.257 e. The Balaban J connectivity index is 1.44. The fourth-order valence-corrected chi connectivity index (χ4v) is 4.54. The number of aryl methyl sites for hydroxylation is 1. The molecule has 0 N–H and O–H groups in total. The van der Waals surface area contributed by atoms with Crippen LogP contribution in [-0.2, 0) is 9.47 Å². The molecule has 7 heteroatoms. The van der Waals surface area contributed by atoms with Gasteiger partial charge in [-0.05, 0) is 44.0 Å². The SMILES string of the molecule is COc1cccc(-c2nn(-c3ccc(C)cc3)cc2C(=O)N2CCC(C3OCCO3)CC2)c1. The molecule has 33 heavy (non-hydrogen) atoms. The van der Waals surface area contributed by atoms with Crippen molar-refractivity contribution in [3.05, 3.63) is 65.9 Å². The zero-order chi connectivity index (χ0) is 22.8. The largest absolute Gasteiger partial charge is 0.497 e. The van der Waals surface area contributed by atoms with Gasteiger partial charge >= 0.3 is 0 Å². The third-order valence-corrected chi connectivity index (χ3v) is 6.45. The first-order chi connectivity index (χ1) is 16.1. The van der Waals surface area contributed by atoms with Crippen LogP contribution in [-0.4, -0.2) is 60.3 Å². The number of benzene rings is 2. The second-order valence-corrected chi connectivity index (χ2v) is 8.64. The van der Waals surface area contributed by atoms with Gasteiger partial charge in [0, 0.05) is 30.8 Å². The molecular weight excluding hydrogens is 418 g/mol. The van der Waals surface area contributed by atoms with E-state index in [0.717, 1.165) is 29.8 Å². The zero-order valence-corrected chi connectivity index (χ0v) is 19.1. The quantitative estimate of drug-likeness (QED) is 0.590. The average Bonchev–Trinajstić information content (AvgIpc) is 3.55. The molecule has 0 saturated carbocycles. The number of carbonyl (C=O) groups excluding carboxylic acids is 1. The van der Waals surface area contributed by atoms with Crippen molar-refractivity contribution in [2.75, 3.05) is 33.4 Å². The number of methoxy groups -OCH3 is 1. The van der Waals surface area contributed by atoms with Crippen molar-refractivity contribution in [1.82, 2.24) is 14.7 Å². The molecule has 2 aliphatic heterocycles. The molecule has 0 aliphatic carbocycles. The second kappa shape index (κ2) is 9.37. The molecule has 2 aliphatic rings. The molecule has 2 aromatic carbocycles. The first-order valence-electron chi connectivity index (χ1n) is 11.5. The van der Waals surface area contributed by atoms with Crippen molar-refractivity contribution in [1.29, 1.82) is 0 Å². The number of carbonyl (C=O) groups is 1. The minimum Gasteiger partial charge on any atom is -0.497 e. The molecule has 0 radical (unpaired) electrons. The van der Waals surface area contributed by atoms with Gasteiger partial charge in [-0.1, -0.05) is 29.8 Å². The Hall–Kier alpha value is -3.16. The molecule has 3 aromatic rings. The van der Waals surface area contributed by atoms with E-state index in [0.29, 0.717) is 43.5 Å². The molecule has 0 bridgehead atoms. The Bertz CT molecular complexity index is 1110. The summed E-state index contributed by atoms with van der Waals surface area (Å²) in [5, 5.41) is 4.82. The number of rotatable bonds is 5. The number of nitrogens with zero attached hydrogens (tertiary/aromatic N) is 3. The molecule has 2 saturated heterocycles. The zero-order valence-electron chi connectivity index (χ0n) is 19.1. The van der Waals surface area contributed by atoms with E-state index in [1.807, 2.05) is 59.6 Å². The van der Waals surface area contributed by atoms with Gasteiger partial charge < -0.3 is 19.1 Å². The van der Waals surface area contributed by atoms with Gasteiger partial charge in [-0.15, -0.1) is 0 Å². The summed E-state index contributed by atoms with van der Waals surface area (Å²) in [5.41, 5.74) is 4.19. The standard InChI is InChI=1S/C26H29N3O4/c1-18-6-8-21(9-7-18)29-17-23(24(27-29)20-4-3-5-22(16-20)31-2)25(30)28-12-10-19(11-13-28)26-32-14-15-33-26/h3-9,16-17,19,26H,10-15H2,1-2H3. The number of amides is 1. The Labute approximate surface area is 193 Å². The van der Waals surface area contributed by atoms with E-state index < -0.39 is 0 Å². The molecule has 3 heterocycles. The fraction of sp³-hybridized carbons (Fsp3) is 0.385. The van der Waals surface area contributed by atoms with Crippen LogP contribution in [0.5, 0.6) is 5.75 Å². The summed E-state index contributed by atoms with van der Waals surface area (Å²) < 4.78 is 18.6. The lowest BCUT2D eigenvalue weighted by atomic mass is 9.95. The maximum atomic E-state index is 13.7. The third kappa shape index (κ3) is 4.51. The monoisotopic (exact) mass is 447 g/mol. The number of aromatic nitrogens is 2. The summed E-state index contributed by atoms with van der Waals surface area (Å²) in [6, 6.07) is 15.8. The number of piperidine rings is 1. The lowest BCUT2D eigenvalue weighted by Gasteiger charge is -2.33. The van der Waals surface area contributed by atoms with E-state index >= 15 is 0 Å². The summed E-state index contributed by atoms with van der Waals surface area (Å²) in [6.45, 7) is 4.73. The topological polar surface area (TPSA) is 65.8 Å². The molecule has 0 spiro atoms. The summed E-state index contributed by atoms with van der Waals surface area (Å²) in [5.74, 6) is 1.07. The molecule has 1 amide bonds. The predicted octanol–water partition coefficient (Wildman–Crippen LogP) is 4.08. The van der Waals surface area contributed by atoms with Gasteiger partial charge in [0.15, 0.2) is 6.29 Å². The first kappa shape index (κ1) is 21.7. The number of ether oxygens (including phenoxy) is 3. The van der Waals surface area contributed by atoms with Crippen LogP contribution in [0.2, 0.25) is 0 Å². The van der Waals surface area contributed by atoms with Crippen molar-refractivity contribution < 1.29 is 19.0 Å². The van der Waals surface area contributed by atoms with E-state index in [4.69, 9.17) is 19.3 Å². The Morgan fingerprint density at radius 3 is 2.48 bits per heavy atom. The lowest BCUT2D eigenvalue weighted by molar-refractivity contribution is -0.0956. The smallest absolute Gasteiger partial charge is 0.257 e. The minimum absolute atomic E-state index is 0.00195. The number of hydrogen-bond donors (Lipinski definition) is 0. The fourth-order valence-electron chi connectivity index (χ4n) is 4.54. The summed E-state index contributed by atoms with van der Waals surface area (Å²) >= 11 is 0. The Morgan fingerprint density at radius 2 is 1.79 bits per heavy atom. The second-order valence-electron chi connectivity index (χ2n) is 8.64. The average molecular weight is 448 g/mol. The van der Waals surface area contributed by atoms with E-state index in [9.17, 15) is 4.79 Å². The summed E-state index contributed by atoms with van der Waals surface area (Å²) in [4.78, 5) is 15.6. The Morgan fingerprint density at radius 1 is 1.06 bits per heavy atom. The minimum atomic E-state index is -0.126. The molecular formula is C26H29N3O4. The highest BCUT2D eigenvalue weighted by molar-refractivity contribution is 6.00. The van der Waals surface area contributed by atoms with Gasteiger partial charge in [-0.2, -0.15) is 5.10 Å². The van der Waals surface area contributed by atoms with E-state index in [-0.39, 0.29) is 12.2 Å². The van der Waals surface area contributed by atoms with Crippen LogP contribution < -0.4 is 4.74 Å². The molecule has 172 valence electrons. The molecule has 5 rings (SSSR count). The van der Waals surface area contributed by atoms with Crippen LogP contribution in [0.15, 0.2) is 54.7 Å². The number of likely N-dealkylation sites (tertiary alicyclic amines) is 1. The van der Waals surface area contributed by atoms with Crippen LogP contribution in [0.25, 0.3) is 16.9 Å². The van der Waals surface area contributed by atoms with Crippen molar-refractivity contribution >= 4 is 5.91 Å². The van der Waals surface area contributed by atoms with E-state index in [1.165, 1.54) is 5.56 Å². The predicted molar refractivity (Wildman–Crippen MR) is 125 cm³/mol. The lowest BCUT2D eigenvalue weighted by Crippen LogP contribution is -2.41. The van der Waals surface area contributed by atoms with Crippen LogP contribution in [0, 0.1) is 12.8 Å². The van der Waals surface area contributed by atoms with Crippen LogP contribution in [0.3, 0.4) is 0 Å². The molecule has 7 nitrogen and oxygen atoms in total. The van der Waals surface area contributed by atoms with Crippen molar-refractivity contribution in [2.24, 2.45) is 5.92 Å². The van der Waals surface area contributed by atoms with Gasteiger partial charge in [0.1, 0.15) is 11.4 Å². The highest BCUT2D eigenvalue weighted by atomic mass is 16.7. The first-order valence-corrected chi connectivity index (χ1v) is 11.5. The third-order valence-electron chi connectivity index (χ3n) is 6.45. The number of hydrogen-bond acceptors (Lipinski definition) is 5. The molecule has 0 atom stereocenters. The van der Waals surface area contributed by atoms with Gasteiger partial charge in [-0.25, -0.2) is 4.68 Å². The maximum absolute atomic E-state index is 13.7. The van der Waals surface area contributed by atoms with Gasteiger partial charge in [0.25, 0.3) is 5.91 Å². The van der Waals surface area contributed by atoms with E-state index in [1.54, 1.807) is 11.8 Å². The van der Waals surface area contributed by atoms with Crippen LogP contribution in [0.4, 0.5) is 0 Å². The van der Waals surface area contributed by atoms with Crippen LogP contribution in [0.1, 0.15) is 28.8 Å². The highest BCUT2D eigenvalue weighted by Crippen LogP contribution is 2.30. The molecule has 2 fully saturated rings. The van der Waals surface area contributed by atoms with Gasteiger partial charge in [-0.3, -0.25) is 4.79 Å². The van der Waals surface area contributed by atoms with Crippen LogP contribution >= 0.6 is 0 Å². The normalized spacial score (nSPS) is 17.5. The summed E-state index contributed by atoms with van der Waals surface area (Å²) in [7, 11) is 1.64. The van der Waals surface area contributed by atoms with Crippen molar-refractivity contribution in [2.45, 2.75) is 26.1 Å². The van der Waals surface area contributed by atoms with Gasteiger partial charge in [0.05, 0.1) is 31.6 Å². The highest BCUT2D eigenvalue weighted by Gasteiger charge is 2.33. The van der Waals surface area contributed by atoms with Gasteiger partial charge in [0.2, 0.25) is 0 Å².